The summed E-state index contributed by atoms with van der Waals surface area (Å²) in [4.78, 5) is 161. The lowest BCUT2D eigenvalue weighted by molar-refractivity contribution is -0.294. The second-order valence-corrected chi connectivity index (χ2v) is 39.6. The van der Waals surface area contributed by atoms with Gasteiger partial charge in [-0.2, -0.15) is 92.2 Å². The van der Waals surface area contributed by atoms with E-state index in [1.165, 1.54) is 55.4 Å². The zero-order chi connectivity index (χ0) is 109. The molecule has 0 radical (unpaired) electrons. The van der Waals surface area contributed by atoms with Gasteiger partial charge in [-0.3, -0.25) is 4.79 Å². The van der Waals surface area contributed by atoms with Crippen LogP contribution in [0.2, 0.25) is 0 Å². The maximum Gasteiger partial charge on any atom is 0.490 e. The number of carbonyl (C=O) groups excluding carboxylic acids is 14. The molecule has 0 spiro atoms. The van der Waals surface area contributed by atoms with E-state index in [4.69, 9.17) is 47.4 Å². The molecule has 0 N–H and O–H groups in total. The normalized spacial score (nSPS) is 29.6. The Balaban J connectivity index is 0.000000236. The average Bonchev–Trinajstić information content (AvgIpc) is 0.717. The molecule has 0 aromatic rings. The molecule has 0 amide bonds. The number of alkyl halides is 23. The van der Waals surface area contributed by atoms with Crippen molar-refractivity contribution in [3.63, 3.8) is 0 Å². The lowest BCUT2D eigenvalue weighted by Gasteiger charge is -2.63. The summed E-state index contributed by atoms with van der Waals surface area (Å²) < 4.78 is 361. The van der Waals surface area contributed by atoms with Gasteiger partial charge in [0.1, 0.15) is 52.2 Å². The van der Waals surface area contributed by atoms with E-state index in [0.29, 0.717) is 63.2 Å². The molecular weight excluding hydrogens is 1990 g/mol. The van der Waals surface area contributed by atoms with E-state index in [2.05, 4.69) is 58.4 Å². The molecule has 143 heavy (non-hydrogen) atoms. The number of rotatable bonds is 30. The van der Waals surface area contributed by atoms with Crippen LogP contribution in [0.4, 0.5) is 101 Å². The first kappa shape index (κ1) is 119. The molecule has 16 aliphatic carbocycles. The number of hydrogen-bond acceptors (Lipinski definition) is 28. The van der Waals surface area contributed by atoms with Gasteiger partial charge in [0.15, 0.2) is 31.5 Å². The minimum atomic E-state index is -5.82. The van der Waals surface area contributed by atoms with Crippen molar-refractivity contribution in [3.05, 3.63) is 72.9 Å². The zero-order valence-electron chi connectivity index (χ0n) is 78.9. The van der Waals surface area contributed by atoms with Crippen LogP contribution < -0.4 is 0 Å². The van der Waals surface area contributed by atoms with Crippen molar-refractivity contribution in [3.8, 4) is 0 Å². The molecule has 28 nitrogen and oxygen atoms in total. The molecule has 16 bridgehead atoms. The third-order valence-corrected chi connectivity index (χ3v) is 26.3. The highest BCUT2D eigenvalue weighted by molar-refractivity contribution is 5.91. The van der Waals surface area contributed by atoms with Gasteiger partial charge in [-0.25, -0.2) is 71.1 Å². The molecule has 0 aromatic heterocycles. The number of esters is 14. The molecule has 0 heterocycles. The first-order valence-electron chi connectivity index (χ1n) is 44.6. The first-order valence-corrected chi connectivity index (χ1v) is 44.6. The van der Waals surface area contributed by atoms with E-state index in [-0.39, 0.29) is 139 Å². The van der Waals surface area contributed by atoms with E-state index in [0.717, 1.165) is 52.1 Å². The molecule has 806 valence electrons. The fourth-order valence-corrected chi connectivity index (χ4v) is 22.5. The SMILES string of the molecule is C=C(C)C(=O)OC(CC)C(F)(F)C(=O)OC.C=C(C)C(=O)OC12CC3CC(C1)CC(OC(=O)C(F)(F)CC(F)(F)CC(F)(F)F)(C3)C2.C=C(C)C(=O)OC12CC3CC(OC(C)=O)(C1)CC(OC(=O)C(F)(F)F)(C3)C2.C=C(C)C(=O)OCC(=O)OC12CC3CC(C1)CC(OC(=O)C(F)(F)F)(C3)C2.C=C(C)C(=O)OCC(=O)OCC(F)(F)C(F)(F)F.C=C(C)C(=O)OCC1(OC(=O)C(F)(F)F)C2CC3CC(C2)CC1C3. The van der Waals surface area contributed by atoms with Gasteiger partial charge in [0.05, 0.1) is 13.5 Å². The summed E-state index contributed by atoms with van der Waals surface area (Å²) in [6, 6.07) is 0. The van der Waals surface area contributed by atoms with Crippen LogP contribution in [0.5, 0.6) is 0 Å². The van der Waals surface area contributed by atoms with Crippen LogP contribution in [0, 0.1) is 53.3 Å². The summed E-state index contributed by atoms with van der Waals surface area (Å²) in [5.74, 6) is -36.6. The number of carbonyl (C=O) groups is 14. The Bertz CT molecular complexity index is 4830. The predicted octanol–water partition coefficient (Wildman–Crippen LogP) is 18.1. The van der Waals surface area contributed by atoms with Crippen LogP contribution in [0.25, 0.3) is 0 Å². The highest BCUT2D eigenvalue weighted by atomic mass is 19.4. The van der Waals surface area contributed by atoms with Gasteiger partial charge in [-0.05, 0) is 205 Å². The lowest BCUT2D eigenvalue weighted by atomic mass is 9.50. The smallest absolute Gasteiger partial charge is 0.464 e. The van der Waals surface area contributed by atoms with Gasteiger partial charge in [0, 0.05) is 84.3 Å². The van der Waals surface area contributed by atoms with Crippen molar-refractivity contribution < 1.29 is 234 Å². The Kier molecular flexibility index (Phi) is 36.7. The molecular formula is C92H109F23O28. The standard InChI is InChI=1S/C20H23F7O4.2C18H21F3O6.C17H21F3O4.C10H14F2O4.C9H9F5O4/c1-11(2)14(28)30-16-4-12-3-13(5-16)7-17(6-12,8-16)31-15(29)19(23,24)9-18(21,22)10-20(25,26)27;1-10(2)13(23)26-16-5-12-4-15(7-16,25-11(3)22)8-17(6-12,9-16)27-14(24)18(19,20)21;1-10(2)14(23)25-8-13(22)26-16-4-11-3-12(5-16)7-17(6-11,9-16)27-15(24)18(19,20)21;1-9(2)14(21)23-8-16(24-15(22)17(18,19)20)12-4-10-3-11(6-12)7-13(16)5-10;1-5-7(16-8(13)6(2)3)10(11,12)9(14)15-4;1-5(2)7(16)17-3-6(15)18-4-8(10,11)9(12,13)14/h12-13H,1,3-10H2,2H3;12H,1,4-9H2,2-3H3;11-12H,1,3-9H2,2H3;10-13H,1,3-8H2,2H3;7H,2,5H2,1,3-4H3;1,3-4H2,2H3. The third kappa shape index (κ3) is 31.2. The molecule has 16 rings (SSSR count). The van der Waals surface area contributed by atoms with E-state index < -0.39 is 222 Å². The fourth-order valence-electron chi connectivity index (χ4n) is 22.5. The Morgan fingerprint density at radius 1 is 0.329 bits per heavy atom. The molecule has 16 saturated carbocycles. The molecule has 0 aliphatic heterocycles. The van der Waals surface area contributed by atoms with Crippen LogP contribution in [-0.4, -0.2) is 223 Å². The van der Waals surface area contributed by atoms with Crippen LogP contribution in [0.3, 0.4) is 0 Å². The van der Waals surface area contributed by atoms with E-state index >= 15 is 0 Å². The second kappa shape index (κ2) is 44.0. The second-order valence-electron chi connectivity index (χ2n) is 39.6. The van der Waals surface area contributed by atoms with Gasteiger partial charge in [-0.1, -0.05) is 46.4 Å². The number of methoxy groups -OCH3 is 1. The summed E-state index contributed by atoms with van der Waals surface area (Å²) in [5.41, 5.74) is -9.32. The average molecular weight is 2100 g/mol. The van der Waals surface area contributed by atoms with Crippen molar-refractivity contribution in [2.45, 2.75) is 328 Å². The highest BCUT2D eigenvalue weighted by Crippen LogP contribution is 2.66. The third-order valence-electron chi connectivity index (χ3n) is 26.3. The minimum Gasteiger partial charge on any atom is -0.464 e. The summed E-state index contributed by atoms with van der Waals surface area (Å²) >= 11 is 0. The van der Waals surface area contributed by atoms with Crippen molar-refractivity contribution in [2.24, 2.45) is 53.3 Å². The molecule has 0 saturated heterocycles. The molecule has 16 fully saturated rings. The molecule has 16 aliphatic rings. The van der Waals surface area contributed by atoms with Crippen molar-refractivity contribution >= 4 is 83.6 Å². The Hall–Kier alpha value is -10.6. The maximum absolute atomic E-state index is 14.2. The monoisotopic (exact) mass is 2100 g/mol. The summed E-state index contributed by atoms with van der Waals surface area (Å²) in [6.45, 7) is 27.1. The van der Waals surface area contributed by atoms with E-state index in [1.54, 1.807) is 0 Å². The van der Waals surface area contributed by atoms with Gasteiger partial charge in [0.2, 0.25) is 0 Å². The van der Waals surface area contributed by atoms with Crippen LogP contribution >= 0.6 is 0 Å². The Morgan fingerprint density at radius 2 is 0.643 bits per heavy atom. The predicted molar refractivity (Wildman–Crippen MR) is 438 cm³/mol. The topological polar surface area (TPSA) is 368 Å². The van der Waals surface area contributed by atoms with Gasteiger partial charge in [-0.15, -0.1) is 0 Å². The van der Waals surface area contributed by atoms with E-state index in [9.17, 15) is 168 Å². The number of ether oxygens (including phenoxy) is 14. The first-order chi connectivity index (χ1) is 65.0. The quantitative estimate of drug-likeness (QED) is 0.0279. The van der Waals surface area contributed by atoms with Gasteiger partial charge < -0.3 is 66.3 Å². The highest BCUT2D eigenvalue weighted by Gasteiger charge is 2.72. The van der Waals surface area contributed by atoms with Crippen molar-refractivity contribution in [2.75, 3.05) is 33.5 Å². The number of halogens is 23. The largest absolute Gasteiger partial charge is 0.490 e. The Labute approximate surface area is 802 Å². The summed E-state index contributed by atoms with van der Waals surface area (Å²) in [5, 5.41) is 0. The van der Waals surface area contributed by atoms with E-state index in [1.807, 2.05) is 0 Å². The fraction of sp³-hybridized carbons (Fsp3) is 0.717. The lowest BCUT2D eigenvalue weighted by Crippen LogP contribution is -2.69. The zero-order valence-corrected chi connectivity index (χ0v) is 78.9. The molecule has 9 atom stereocenters. The summed E-state index contributed by atoms with van der Waals surface area (Å²) in [6.07, 6.45) is -24.2. The van der Waals surface area contributed by atoms with Crippen LogP contribution in [0.1, 0.15) is 222 Å². The molecule has 51 heteroatoms. The number of hydrogen-bond donors (Lipinski definition) is 0. The Morgan fingerprint density at radius 3 is 1.00 bits per heavy atom. The maximum atomic E-state index is 14.2. The minimum absolute atomic E-state index is 0.0147. The molecule has 0 aromatic carbocycles. The van der Waals surface area contributed by atoms with Gasteiger partial charge in [0.25, 0.3) is 5.92 Å². The van der Waals surface area contributed by atoms with Crippen molar-refractivity contribution in [1.82, 2.24) is 0 Å². The van der Waals surface area contributed by atoms with Crippen LogP contribution in [0.15, 0.2) is 72.9 Å². The van der Waals surface area contributed by atoms with Crippen LogP contribution in [-0.2, 0) is 133 Å². The van der Waals surface area contributed by atoms with Gasteiger partial charge >= 0.3 is 132 Å². The summed E-state index contributed by atoms with van der Waals surface area (Å²) in [7, 11) is 0.837. The molecule has 9 unspecified atom stereocenters. The van der Waals surface area contributed by atoms with Crippen molar-refractivity contribution in [1.29, 1.82) is 0 Å².